The summed E-state index contributed by atoms with van der Waals surface area (Å²) in [7, 11) is 0. The van der Waals surface area contributed by atoms with Gasteiger partial charge < -0.3 is 10.0 Å². The lowest BCUT2D eigenvalue weighted by atomic mass is 9.73. The highest BCUT2D eigenvalue weighted by Crippen LogP contribution is 2.41. The number of nitrogens with zero attached hydrogens (tertiary/aromatic N) is 1. The molecule has 0 radical (unpaired) electrons. The van der Waals surface area contributed by atoms with Crippen LogP contribution in [0.5, 0.6) is 0 Å². The highest BCUT2D eigenvalue weighted by Gasteiger charge is 2.47. The van der Waals surface area contributed by atoms with Crippen LogP contribution >= 0.6 is 0 Å². The second-order valence-corrected chi connectivity index (χ2v) is 6.13. The monoisotopic (exact) mass is 289 g/mol. The highest BCUT2D eigenvalue weighted by atomic mass is 16.4. The Balaban J connectivity index is 2.18. The maximum Gasteiger partial charge on any atom is 0.329 e. The van der Waals surface area contributed by atoms with Crippen molar-refractivity contribution in [2.75, 3.05) is 0 Å². The van der Waals surface area contributed by atoms with Crippen molar-refractivity contribution in [1.29, 1.82) is 0 Å². The highest BCUT2D eigenvalue weighted by molar-refractivity contribution is 5.81. The van der Waals surface area contributed by atoms with Crippen LogP contribution in [-0.4, -0.2) is 34.0 Å². The summed E-state index contributed by atoms with van der Waals surface area (Å²) in [4.78, 5) is 24.7. The van der Waals surface area contributed by atoms with Crippen LogP contribution in [-0.2, 0) is 9.59 Å². The first-order valence-corrected chi connectivity index (χ1v) is 7.53. The number of carboxylic acid groups (broad SMARTS) is 1. The molecule has 0 aromatic heterocycles. The molecule has 0 bridgehead atoms. The van der Waals surface area contributed by atoms with Gasteiger partial charge in [-0.25, -0.2) is 4.79 Å². The predicted molar refractivity (Wildman–Crippen MR) is 81.1 cm³/mol. The summed E-state index contributed by atoms with van der Waals surface area (Å²) in [5, 5.41) is 9.70. The zero-order chi connectivity index (χ0) is 15.5. The normalized spacial score (nSPS) is 25.6. The Hall–Kier alpha value is -1.84. The van der Waals surface area contributed by atoms with Gasteiger partial charge in [-0.1, -0.05) is 30.3 Å². The van der Waals surface area contributed by atoms with Gasteiger partial charge in [-0.3, -0.25) is 4.79 Å². The van der Waals surface area contributed by atoms with E-state index in [1.807, 2.05) is 32.0 Å². The number of carboxylic acids is 1. The van der Waals surface area contributed by atoms with Crippen molar-refractivity contribution in [1.82, 2.24) is 4.90 Å². The van der Waals surface area contributed by atoms with Crippen molar-refractivity contribution < 1.29 is 14.7 Å². The van der Waals surface area contributed by atoms with Crippen LogP contribution in [0.2, 0.25) is 0 Å². The maximum absolute atomic E-state index is 11.8. The fourth-order valence-electron chi connectivity index (χ4n) is 3.45. The topological polar surface area (TPSA) is 57.6 Å². The molecule has 0 atom stereocenters. The van der Waals surface area contributed by atoms with Gasteiger partial charge >= 0.3 is 5.97 Å². The van der Waals surface area contributed by atoms with E-state index in [0.717, 1.165) is 12.8 Å². The molecular weight excluding hydrogens is 266 g/mol. The third kappa shape index (κ3) is 2.94. The van der Waals surface area contributed by atoms with E-state index in [-0.39, 0.29) is 6.04 Å². The molecule has 2 rings (SSSR count). The van der Waals surface area contributed by atoms with Crippen LogP contribution in [0.15, 0.2) is 30.3 Å². The Morgan fingerprint density at radius 2 is 1.86 bits per heavy atom. The van der Waals surface area contributed by atoms with Gasteiger partial charge in [-0.05, 0) is 51.0 Å². The number of hydrogen-bond acceptors (Lipinski definition) is 2. The van der Waals surface area contributed by atoms with Crippen molar-refractivity contribution in [3.05, 3.63) is 35.9 Å². The lowest BCUT2D eigenvalue weighted by Gasteiger charge is -2.45. The van der Waals surface area contributed by atoms with Crippen molar-refractivity contribution in [2.45, 2.75) is 57.0 Å². The molecule has 1 N–H and O–H groups in total. The number of aliphatic carboxylic acids is 1. The van der Waals surface area contributed by atoms with Gasteiger partial charge in [-0.15, -0.1) is 0 Å². The summed E-state index contributed by atoms with van der Waals surface area (Å²) >= 11 is 0. The van der Waals surface area contributed by atoms with Gasteiger partial charge in [0, 0.05) is 6.04 Å². The zero-order valence-corrected chi connectivity index (χ0v) is 12.7. The van der Waals surface area contributed by atoms with Crippen molar-refractivity contribution in [3.8, 4) is 0 Å². The zero-order valence-electron chi connectivity index (χ0n) is 12.7. The molecule has 1 aromatic carbocycles. The van der Waals surface area contributed by atoms with E-state index in [1.165, 1.54) is 10.5 Å². The average Bonchev–Trinajstić information content (AvgIpc) is 2.49. The average molecular weight is 289 g/mol. The van der Waals surface area contributed by atoms with E-state index < -0.39 is 11.5 Å². The number of carbonyl (C=O) groups excluding carboxylic acids is 1. The van der Waals surface area contributed by atoms with E-state index >= 15 is 0 Å². The number of carbonyl (C=O) groups is 2. The lowest BCUT2D eigenvalue weighted by Crippen LogP contribution is -2.58. The van der Waals surface area contributed by atoms with Crippen LogP contribution in [0.3, 0.4) is 0 Å². The molecule has 0 spiro atoms. The molecule has 1 saturated carbocycles. The standard InChI is InChI=1S/C17H23NO3/c1-13(2)18(12-19)17(16(20)21)10-8-15(9-11-17)14-6-4-3-5-7-14/h3-7,12-13,15H,8-11H2,1-2H3,(H,20,21). The minimum absolute atomic E-state index is 0.105. The van der Waals surface area contributed by atoms with Gasteiger partial charge in [0.2, 0.25) is 6.41 Å². The third-order valence-corrected chi connectivity index (χ3v) is 4.65. The quantitative estimate of drug-likeness (QED) is 0.848. The second kappa shape index (κ2) is 6.29. The third-order valence-electron chi connectivity index (χ3n) is 4.65. The van der Waals surface area contributed by atoms with Crippen LogP contribution in [0, 0.1) is 0 Å². The molecule has 0 unspecified atom stereocenters. The van der Waals surface area contributed by atoms with Crippen LogP contribution < -0.4 is 0 Å². The van der Waals surface area contributed by atoms with E-state index in [1.54, 1.807) is 0 Å². The molecule has 1 aliphatic rings. The summed E-state index contributed by atoms with van der Waals surface area (Å²) in [6.07, 6.45) is 3.32. The van der Waals surface area contributed by atoms with Crippen molar-refractivity contribution in [3.63, 3.8) is 0 Å². The SMILES string of the molecule is CC(C)N(C=O)C1(C(=O)O)CCC(c2ccccc2)CC1. The summed E-state index contributed by atoms with van der Waals surface area (Å²) in [6.45, 7) is 3.73. The summed E-state index contributed by atoms with van der Waals surface area (Å²) < 4.78 is 0. The molecule has 1 aromatic rings. The fourth-order valence-corrected chi connectivity index (χ4v) is 3.45. The molecular formula is C17H23NO3. The van der Waals surface area contributed by atoms with E-state index in [2.05, 4.69) is 12.1 Å². The Morgan fingerprint density at radius 1 is 1.29 bits per heavy atom. The molecule has 0 aliphatic heterocycles. The molecule has 4 heteroatoms. The largest absolute Gasteiger partial charge is 0.479 e. The first kappa shape index (κ1) is 15.5. The number of amides is 1. The maximum atomic E-state index is 11.8. The van der Waals surface area contributed by atoms with E-state index in [4.69, 9.17) is 0 Å². The summed E-state index contributed by atoms with van der Waals surface area (Å²) in [5.74, 6) is -0.492. The number of hydrogen-bond donors (Lipinski definition) is 1. The minimum Gasteiger partial charge on any atom is -0.479 e. The van der Waals surface area contributed by atoms with Gasteiger partial charge in [-0.2, -0.15) is 0 Å². The molecule has 1 amide bonds. The minimum atomic E-state index is -1.04. The molecule has 0 saturated heterocycles. The lowest BCUT2D eigenvalue weighted by molar-refractivity contribution is -0.160. The van der Waals surface area contributed by atoms with Gasteiger partial charge in [0.1, 0.15) is 5.54 Å². The molecule has 1 aliphatic carbocycles. The van der Waals surface area contributed by atoms with Gasteiger partial charge in [0.25, 0.3) is 0 Å². The second-order valence-electron chi connectivity index (χ2n) is 6.13. The van der Waals surface area contributed by atoms with Crippen LogP contribution in [0.1, 0.15) is 51.0 Å². The Kier molecular flexibility index (Phi) is 4.66. The van der Waals surface area contributed by atoms with Crippen LogP contribution in [0.4, 0.5) is 0 Å². The number of rotatable bonds is 5. The molecule has 1 fully saturated rings. The Labute approximate surface area is 125 Å². The fraction of sp³-hybridized carbons (Fsp3) is 0.529. The molecule has 4 nitrogen and oxygen atoms in total. The first-order chi connectivity index (χ1) is 10.0. The van der Waals surface area contributed by atoms with Crippen molar-refractivity contribution >= 4 is 12.4 Å². The van der Waals surface area contributed by atoms with Crippen molar-refractivity contribution in [2.24, 2.45) is 0 Å². The van der Waals surface area contributed by atoms with Gasteiger partial charge in [0.15, 0.2) is 0 Å². The number of benzene rings is 1. The predicted octanol–water partition coefficient (Wildman–Crippen LogP) is 3.03. The molecule has 114 valence electrons. The Morgan fingerprint density at radius 3 is 2.29 bits per heavy atom. The van der Waals surface area contributed by atoms with Crippen LogP contribution in [0.25, 0.3) is 0 Å². The molecule has 0 heterocycles. The summed E-state index contributed by atoms with van der Waals surface area (Å²) in [6, 6.07) is 10.1. The van der Waals surface area contributed by atoms with Gasteiger partial charge in [0.05, 0.1) is 0 Å². The summed E-state index contributed by atoms with van der Waals surface area (Å²) in [5.41, 5.74) is 0.222. The Bertz CT molecular complexity index is 490. The smallest absolute Gasteiger partial charge is 0.329 e. The van der Waals surface area contributed by atoms with E-state index in [0.29, 0.717) is 25.2 Å². The molecule has 21 heavy (non-hydrogen) atoms. The first-order valence-electron chi connectivity index (χ1n) is 7.53. The van der Waals surface area contributed by atoms with E-state index in [9.17, 15) is 14.7 Å².